The molecule has 2 aromatic rings. The number of hydrogen-bond donors (Lipinski definition) is 0. The van der Waals surface area contributed by atoms with Crippen LogP contribution in [0.15, 0.2) is 30.3 Å². The van der Waals surface area contributed by atoms with E-state index in [0.29, 0.717) is 38.2 Å². The summed E-state index contributed by atoms with van der Waals surface area (Å²) < 4.78 is 62.0. The van der Waals surface area contributed by atoms with Crippen LogP contribution in [0.4, 0.5) is 39.5 Å². The van der Waals surface area contributed by atoms with Gasteiger partial charge in [0.2, 0.25) is 11.8 Å². The molecule has 3 aliphatic heterocycles. The number of likely N-dealkylation sites (N-methyl/N-ethyl adjacent to an activating group) is 1. The van der Waals surface area contributed by atoms with Crippen molar-refractivity contribution in [2.75, 3.05) is 47.9 Å². The van der Waals surface area contributed by atoms with Crippen molar-refractivity contribution in [3.8, 4) is 0 Å². The molecule has 0 bridgehead atoms. The first kappa shape index (κ1) is 31.5. The van der Waals surface area contributed by atoms with Gasteiger partial charge in [-0.3, -0.25) is 14.5 Å². The molecule has 44 heavy (non-hydrogen) atoms. The number of piperidine rings is 1. The fourth-order valence-electron chi connectivity index (χ4n) is 6.37. The predicted molar refractivity (Wildman–Crippen MR) is 156 cm³/mol. The Hall–Kier alpha value is -3.90. The lowest BCUT2D eigenvalue weighted by molar-refractivity contribution is -0.137. The van der Waals surface area contributed by atoms with Crippen molar-refractivity contribution in [3.63, 3.8) is 0 Å². The fraction of sp³-hybridized carbons (Fsp3) is 0.548. The molecular formula is C31H37F4N5O4. The predicted octanol–water partition coefficient (Wildman–Crippen LogP) is 5.40. The minimum absolute atomic E-state index is 0.0597. The number of likely N-dealkylation sites (tertiary alicyclic amines) is 1. The maximum atomic E-state index is 15.5. The molecule has 13 heteroatoms. The molecule has 2 atom stereocenters. The van der Waals surface area contributed by atoms with E-state index < -0.39 is 46.9 Å². The first-order chi connectivity index (χ1) is 20.5. The van der Waals surface area contributed by atoms with Gasteiger partial charge in [0.05, 0.1) is 16.9 Å². The van der Waals surface area contributed by atoms with Crippen molar-refractivity contribution < 1.29 is 36.7 Å². The van der Waals surface area contributed by atoms with E-state index in [1.807, 2.05) is 4.90 Å². The van der Waals surface area contributed by atoms with Crippen LogP contribution in [0.5, 0.6) is 0 Å². The zero-order valence-corrected chi connectivity index (χ0v) is 25.4. The highest BCUT2D eigenvalue weighted by molar-refractivity contribution is 6.10. The summed E-state index contributed by atoms with van der Waals surface area (Å²) in [6.45, 7) is 8.28. The van der Waals surface area contributed by atoms with Gasteiger partial charge in [0, 0.05) is 51.3 Å². The van der Waals surface area contributed by atoms with E-state index in [2.05, 4.69) is 4.98 Å². The number of carbonyl (C=O) groups excluding carboxylic acids is 3. The van der Waals surface area contributed by atoms with Crippen molar-refractivity contribution in [2.45, 2.75) is 64.8 Å². The maximum absolute atomic E-state index is 15.5. The molecule has 2 fully saturated rings. The number of pyridine rings is 1. The van der Waals surface area contributed by atoms with Gasteiger partial charge in [-0.15, -0.1) is 0 Å². The number of fused-ring (bicyclic) bond motifs is 2. The summed E-state index contributed by atoms with van der Waals surface area (Å²) in [7, 11) is 1.48. The maximum Gasteiger partial charge on any atom is 0.416 e. The quantitative estimate of drug-likeness (QED) is 0.428. The molecule has 1 aromatic heterocycles. The summed E-state index contributed by atoms with van der Waals surface area (Å²) in [5, 5.41) is 0. The van der Waals surface area contributed by atoms with Crippen LogP contribution >= 0.6 is 0 Å². The number of alkyl halides is 3. The van der Waals surface area contributed by atoms with E-state index in [0.717, 1.165) is 17.0 Å². The number of ether oxygens (including phenoxy) is 1. The van der Waals surface area contributed by atoms with Crippen molar-refractivity contribution in [1.82, 2.24) is 9.88 Å². The number of halogens is 4. The molecule has 4 heterocycles. The number of nitrogens with zero attached hydrogens (tertiary/aromatic N) is 5. The number of para-hydroxylation sites is 1. The SMILES string of the molecule is Cc1cc(C(F)(F)F)cc(N2C(=O)C[C@@H]3CN(CC4CCN(C(=O)OC(C)(C)C)CC4)c4c(F)cccc4N(C)C(=O)[C@H]32)n1. The van der Waals surface area contributed by atoms with Crippen LogP contribution in [0.25, 0.3) is 0 Å². The van der Waals surface area contributed by atoms with E-state index in [-0.39, 0.29) is 42.2 Å². The van der Waals surface area contributed by atoms with E-state index >= 15 is 4.39 Å². The fourth-order valence-corrected chi connectivity index (χ4v) is 6.37. The lowest BCUT2D eigenvalue weighted by Gasteiger charge is -2.41. The van der Waals surface area contributed by atoms with E-state index in [1.165, 1.54) is 31.0 Å². The zero-order valence-electron chi connectivity index (χ0n) is 25.4. The third-order valence-electron chi connectivity index (χ3n) is 8.37. The number of anilines is 3. The van der Waals surface area contributed by atoms with Crippen LogP contribution in [-0.4, -0.2) is 72.7 Å². The standard InChI is InChI=1S/C31H37F4N5O4/c1-18-13-21(31(33,34)35)15-24(36-18)40-25(41)14-20-17-39(16-19-9-11-38(12-10-19)29(43)44-30(2,3)4)27-22(32)7-6-8-23(27)37(5)28(42)26(20)40/h6-8,13,15,19-20,26H,9-12,14,16-17H2,1-5H3/t20-,26+/m1/s1. The topological polar surface area (TPSA) is 86.3 Å². The average Bonchev–Trinajstić information content (AvgIpc) is 3.24. The van der Waals surface area contributed by atoms with Gasteiger partial charge in [0.15, 0.2) is 0 Å². The summed E-state index contributed by atoms with van der Waals surface area (Å²) in [4.78, 5) is 50.0. The van der Waals surface area contributed by atoms with E-state index in [9.17, 15) is 27.6 Å². The van der Waals surface area contributed by atoms with Crippen molar-refractivity contribution in [1.29, 1.82) is 0 Å². The van der Waals surface area contributed by atoms with Crippen LogP contribution in [-0.2, 0) is 20.5 Å². The van der Waals surface area contributed by atoms with Crippen molar-refractivity contribution in [3.05, 3.63) is 47.4 Å². The summed E-state index contributed by atoms with van der Waals surface area (Å²) >= 11 is 0. The van der Waals surface area contributed by atoms with Gasteiger partial charge < -0.3 is 19.4 Å². The third kappa shape index (κ3) is 6.32. The highest BCUT2D eigenvalue weighted by Gasteiger charge is 2.49. The lowest BCUT2D eigenvalue weighted by Crippen LogP contribution is -2.53. The second-order valence-corrected chi connectivity index (χ2v) is 12.8. The number of aryl methyl sites for hydroxylation is 1. The van der Waals surface area contributed by atoms with Gasteiger partial charge in [-0.25, -0.2) is 14.2 Å². The lowest BCUT2D eigenvalue weighted by atomic mass is 9.92. The second-order valence-electron chi connectivity index (χ2n) is 12.8. The Labute approximate surface area is 253 Å². The highest BCUT2D eigenvalue weighted by Crippen LogP contribution is 2.42. The minimum Gasteiger partial charge on any atom is -0.444 e. The number of benzene rings is 1. The van der Waals surface area contributed by atoms with Gasteiger partial charge in [0.1, 0.15) is 23.3 Å². The molecule has 0 radical (unpaired) electrons. The highest BCUT2D eigenvalue weighted by atomic mass is 19.4. The summed E-state index contributed by atoms with van der Waals surface area (Å²) in [5.74, 6) is -2.38. The smallest absolute Gasteiger partial charge is 0.416 e. The number of amides is 3. The normalized spacial score (nSPS) is 21.7. The van der Waals surface area contributed by atoms with Gasteiger partial charge in [-0.05, 0) is 70.7 Å². The number of aromatic nitrogens is 1. The molecule has 0 N–H and O–H groups in total. The van der Waals surface area contributed by atoms with Crippen LogP contribution in [0, 0.1) is 24.6 Å². The Morgan fingerprint density at radius 2 is 1.77 bits per heavy atom. The van der Waals surface area contributed by atoms with E-state index in [4.69, 9.17) is 4.74 Å². The largest absolute Gasteiger partial charge is 0.444 e. The van der Waals surface area contributed by atoms with Gasteiger partial charge in [-0.1, -0.05) is 6.07 Å². The Kier molecular flexibility index (Phi) is 8.27. The van der Waals surface area contributed by atoms with E-state index in [1.54, 1.807) is 31.7 Å². The molecule has 0 unspecified atom stereocenters. The molecule has 0 aliphatic carbocycles. The van der Waals surface area contributed by atoms with Gasteiger partial charge >= 0.3 is 12.3 Å². The Morgan fingerprint density at radius 1 is 1.09 bits per heavy atom. The molecule has 3 amide bonds. The van der Waals surface area contributed by atoms with Crippen LogP contribution in [0.1, 0.15) is 51.3 Å². The summed E-state index contributed by atoms with van der Waals surface area (Å²) in [6.07, 6.45) is -3.89. The molecule has 1 aromatic carbocycles. The Bertz CT molecular complexity index is 1450. The first-order valence-electron chi connectivity index (χ1n) is 14.7. The minimum atomic E-state index is -4.67. The zero-order chi connectivity index (χ0) is 32.1. The molecule has 0 saturated carbocycles. The summed E-state index contributed by atoms with van der Waals surface area (Å²) in [6, 6.07) is 4.98. The number of rotatable bonds is 3. The molecule has 2 saturated heterocycles. The van der Waals surface area contributed by atoms with Crippen LogP contribution in [0.3, 0.4) is 0 Å². The van der Waals surface area contributed by atoms with Crippen molar-refractivity contribution >= 4 is 35.1 Å². The van der Waals surface area contributed by atoms with Crippen LogP contribution in [0.2, 0.25) is 0 Å². The molecular weight excluding hydrogens is 582 g/mol. The Morgan fingerprint density at radius 3 is 2.41 bits per heavy atom. The molecule has 3 aliphatic rings. The molecule has 9 nitrogen and oxygen atoms in total. The Balaban J connectivity index is 1.45. The van der Waals surface area contributed by atoms with Crippen LogP contribution < -0.4 is 14.7 Å². The summed E-state index contributed by atoms with van der Waals surface area (Å²) in [5.41, 5.74) is -0.990. The molecule has 0 spiro atoms. The van der Waals surface area contributed by atoms with Crippen molar-refractivity contribution in [2.24, 2.45) is 11.8 Å². The molecule has 238 valence electrons. The third-order valence-corrected chi connectivity index (χ3v) is 8.37. The van der Waals surface area contributed by atoms with Gasteiger partial charge in [0.25, 0.3) is 0 Å². The van der Waals surface area contributed by atoms with Gasteiger partial charge in [-0.2, -0.15) is 13.2 Å². The molecule has 5 rings (SSSR count). The monoisotopic (exact) mass is 619 g/mol. The number of carbonyl (C=O) groups is 3. The number of hydrogen-bond acceptors (Lipinski definition) is 6. The first-order valence-corrected chi connectivity index (χ1v) is 14.7. The second kappa shape index (κ2) is 11.6. The average molecular weight is 620 g/mol.